The molecular formula is C12H8O4. The first-order valence-electron chi connectivity index (χ1n) is 5.27. The summed E-state index contributed by atoms with van der Waals surface area (Å²) in [5.41, 5.74) is 2.06. The molecule has 0 amide bonds. The first kappa shape index (κ1) is 8.47. The Labute approximate surface area is 91.2 Å². The molecule has 3 heterocycles. The van der Waals surface area contributed by atoms with Crippen LogP contribution < -0.4 is 0 Å². The highest BCUT2D eigenvalue weighted by Gasteiger charge is 2.63. The average molecular weight is 216 g/mol. The molecule has 4 rings (SSSR count). The van der Waals surface area contributed by atoms with Crippen LogP contribution in [-0.4, -0.2) is 11.9 Å². The molecule has 2 bridgehead atoms. The lowest BCUT2D eigenvalue weighted by Crippen LogP contribution is -2.23. The number of rotatable bonds is 0. The van der Waals surface area contributed by atoms with Gasteiger partial charge in [0.25, 0.3) is 0 Å². The van der Waals surface area contributed by atoms with Gasteiger partial charge in [0.1, 0.15) is 11.8 Å². The van der Waals surface area contributed by atoms with Gasteiger partial charge in [0, 0.05) is 0 Å². The summed E-state index contributed by atoms with van der Waals surface area (Å²) >= 11 is 0. The second-order valence-electron chi connectivity index (χ2n) is 4.40. The third kappa shape index (κ3) is 0.769. The molecule has 2 fully saturated rings. The van der Waals surface area contributed by atoms with Gasteiger partial charge in [0.05, 0.1) is 12.2 Å². The molecule has 1 aromatic rings. The SMILES string of the molecule is O=C1OC(=O)[C@H]2[C@@H]1[C@@H]1O[C@H]2c2ccccc21. The van der Waals surface area contributed by atoms with Crippen LogP contribution >= 0.6 is 0 Å². The highest BCUT2D eigenvalue weighted by atomic mass is 16.6. The Balaban J connectivity index is 1.92. The maximum absolute atomic E-state index is 11.5. The number of esters is 2. The Morgan fingerprint density at radius 2 is 1.38 bits per heavy atom. The molecular weight excluding hydrogens is 208 g/mol. The largest absolute Gasteiger partial charge is 0.393 e. The van der Waals surface area contributed by atoms with Crippen molar-refractivity contribution < 1.29 is 19.1 Å². The monoisotopic (exact) mass is 216 g/mol. The molecule has 0 spiro atoms. The van der Waals surface area contributed by atoms with Crippen molar-refractivity contribution in [3.8, 4) is 0 Å². The molecule has 80 valence electrons. The zero-order chi connectivity index (χ0) is 10.9. The third-order valence-corrected chi connectivity index (χ3v) is 3.69. The van der Waals surface area contributed by atoms with Crippen LogP contribution in [0.5, 0.6) is 0 Å². The Hall–Kier alpha value is -1.68. The number of carbonyl (C=O) groups excluding carboxylic acids is 2. The van der Waals surface area contributed by atoms with Crippen LogP contribution in [0.15, 0.2) is 24.3 Å². The van der Waals surface area contributed by atoms with Gasteiger partial charge >= 0.3 is 11.9 Å². The number of benzene rings is 1. The zero-order valence-electron chi connectivity index (χ0n) is 8.25. The van der Waals surface area contributed by atoms with E-state index in [0.29, 0.717) is 0 Å². The fraction of sp³-hybridized carbons (Fsp3) is 0.333. The van der Waals surface area contributed by atoms with Crippen LogP contribution in [0.1, 0.15) is 23.3 Å². The first-order valence-corrected chi connectivity index (χ1v) is 5.27. The highest BCUT2D eigenvalue weighted by molar-refractivity contribution is 5.98. The Morgan fingerprint density at radius 1 is 0.875 bits per heavy atom. The molecule has 4 nitrogen and oxygen atoms in total. The first-order chi connectivity index (χ1) is 7.77. The van der Waals surface area contributed by atoms with E-state index in [9.17, 15) is 9.59 Å². The Kier molecular flexibility index (Phi) is 1.33. The second-order valence-corrected chi connectivity index (χ2v) is 4.40. The van der Waals surface area contributed by atoms with Crippen molar-refractivity contribution >= 4 is 11.9 Å². The standard InChI is InChI=1S/C12H8O4/c13-11-7-8(12(14)16-11)10-6-4-2-1-3-5(6)9(7)15-10/h1-4,7-10H/t7-,8+,9-,10+. The van der Waals surface area contributed by atoms with E-state index < -0.39 is 23.8 Å². The molecule has 1 aromatic carbocycles. The molecule has 0 saturated carbocycles. The van der Waals surface area contributed by atoms with Gasteiger partial charge in [-0.25, -0.2) is 0 Å². The minimum absolute atomic E-state index is 0.287. The van der Waals surface area contributed by atoms with Gasteiger partial charge in [-0.15, -0.1) is 0 Å². The van der Waals surface area contributed by atoms with Crippen molar-refractivity contribution in [3.63, 3.8) is 0 Å². The van der Waals surface area contributed by atoms with E-state index in [1.54, 1.807) is 0 Å². The molecule has 2 saturated heterocycles. The molecule has 0 aliphatic carbocycles. The van der Waals surface area contributed by atoms with Crippen LogP contribution in [0.25, 0.3) is 0 Å². The quantitative estimate of drug-likeness (QED) is 0.482. The van der Waals surface area contributed by atoms with Gasteiger partial charge < -0.3 is 9.47 Å². The summed E-state index contributed by atoms with van der Waals surface area (Å²) in [5.74, 6) is -1.71. The summed E-state index contributed by atoms with van der Waals surface area (Å²) in [5, 5.41) is 0. The topological polar surface area (TPSA) is 52.6 Å². The van der Waals surface area contributed by atoms with Crippen molar-refractivity contribution in [1.82, 2.24) is 0 Å². The van der Waals surface area contributed by atoms with Gasteiger partial charge in [-0.2, -0.15) is 0 Å². The lowest BCUT2D eigenvalue weighted by atomic mass is 9.77. The third-order valence-electron chi connectivity index (χ3n) is 3.69. The van der Waals surface area contributed by atoms with E-state index in [-0.39, 0.29) is 12.2 Å². The predicted octanol–water partition coefficient (Wildman–Crippen LogP) is 1.13. The van der Waals surface area contributed by atoms with E-state index in [1.807, 2.05) is 24.3 Å². The van der Waals surface area contributed by atoms with Crippen LogP contribution in [0.4, 0.5) is 0 Å². The van der Waals surface area contributed by atoms with E-state index in [1.165, 1.54) is 0 Å². The normalized spacial score (nSPS) is 38.5. The molecule has 4 atom stereocenters. The fourth-order valence-corrected chi connectivity index (χ4v) is 3.04. The number of ether oxygens (including phenoxy) is 2. The lowest BCUT2D eigenvalue weighted by molar-refractivity contribution is -0.157. The van der Waals surface area contributed by atoms with Gasteiger partial charge in [0.2, 0.25) is 0 Å². The molecule has 0 radical (unpaired) electrons. The number of fused-ring (bicyclic) bond motifs is 8. The average Bonchev–Trinajstić information content (AvgIpc) is 2.91. The summed E-state index contributed by atoms with van der Waals surface area (Å²) in [6, 6.07) is 7.73. The van der Waals surface area contributed by atoms with Crippen molar-refractivity contribution in [1.29, 1.82) is 0 Å². The minimum Gasteiger partial charge on any atom is -0.393 e. The van der Waals surface area contributed by atoms with Gasteiger partial charge in [-0.3, -0.25) is 9.59 Å². The van der Waals surface area contributed by atoms with E-state index in [2.05, 4.69) is 4.74 Å². The Morgan fingerprint density at radius 3 is 1.88 bits per heavy atom. The van der Waals surface area contributed by atoms with Crippen molar-refractivity contribution in [2.45, 2.75) is 12.2 Å². The molecule has 3 aliphatic heterocycles. The fourth-order valence-electron chi connectivity index (χ4n) is 3.04. The van der Waals surface area contributed by atoms with Crippen molar-refractivity contribution in [2.24, 2.45) is 11.8 Å². The molecule has 4 heteroatoms. The lowest BCUT2D eigenvalue weighted by Gasteiger charge is -2.17. The minimum atomic E-state index is -0.433. The summed E-state index contributed by atoms with van der Waals surface area (Å²) in [4.78, 5) is 23.1. The molecule has 3 aliphatic rings. The summed E-state index contributed by atoms with van der Waals surface area (Å²) in [6.07, 6.45) is -0.574. The maximum atomic E-state index is 11.5. The second kappa shape index (κ2) is 2.52. The summed E-state index contributed by atoms with van der Waals surface area (Å²) in [7, 11) is 0. The number of hydrogen-bond acceptors (Lipinski definition) is 4. The summed E-state index contributed by atoms with van der Waals surface area (Å²) < 4.78 is 10.4. The molecule has 0 aromatic heterocycles. The predicted molar refractivity (Wildman–Crippen MR) is 51.1 cm³/mol. The van der Waals surface area contributed by atoms with Gasteiger partial charge in [0.15, 0.2) is 0 Å². The van der Waals surface area contributed by atoms with Gasteiger partial charge in [-0.1, -0.05) is 24.3 Å². The van der Waals surface area contributed by atoms with Crippen LogP contribution in [0.3, 0.4) is 0 Å². The molecule has 0 unspecified atom stereocenters. The van der Waals surface area contributed by atoms with Crippen LogP contribution in [0.2, 0.25) is 0 Å². The van der Waals surface area contributed by atoms with E-state index in [4.69, 9.17) is 4.74 Å². The van der Waals surface area contributed by atoms with Crippen LogP contribution in [-0.2, 0) is 19.1 Å². The molecule has 16 heavy (non-hydrogen) atoms. The van der Waals surface area contributed by atoms with Crippen molar-refractivity contribution in [3.05, 3.63) is 35.4 Å². The molecule has 0 N–H and O–H groups in total. The van der Waals surface area contributed by atoms with Gasteiger partial charge in [-0.05, 0) is 11.1 Å². The van der Waals surface area contributed by atoms with E-state index >= 15 is 0 Å². The Bertz CT molecular complexity index is 477. The number of carbonyl (C=O) groups is 2. The van der Waals surface area contributed by atoms with Crippen LogP contribution in [0, 0.1) is 11.8 Å². The number of hydrogen-bond donors (Lipinski definition) is 0. The maximum Gasteiger partial charge on any atom is 0.320 e. The zero-order valence-corrected chi connectivity index (χ0v) is 8.25. The highest BCUT2D eigenvalue weighted by Crippen LogP contribution is 2.59. The van der Waals surface area contributed by atoms with Crippen molar-refractivity contribution in [2.75, 3.05) is 0 Å². The summed E-state index contributed by atoms with van der Waals surface area (Å²) in [6.45, 7) is 0. The smallest absolute Gasteiger partial charge is 0.320 e. The number of cyclic esters (lactones) is 2. The van der Waals surface area contributed by atoms with E-state index in [0.717, 1.165) is 11.1 Å².